The summed E-state index contributed by atoms with van der Waals surface area (Å²) in [6.07, 6.45) is 1.70. The first-order valence-corrected chi connectivity index (χ1v) is 6.73. The Kier molecular flexibility index (Phi) is 5.42. The maximum Gasteiger partial charge on any atom is 0.239 e. The summed E-state index contributed by atoms with van der Waals surface area (Å²) in [5.41, 5.74) is 5.58. The van der Waals surface area contributed by atoms with Crippen LogP contribution in [0.2, 0.25) is 0 Å². The average Bonchev–Trinajstić information content (AvgIpc) is 2.29. The molecule has 0 spiro atoms. The number of nitrogens with two attached hydrogens (primary N) is 1. The molecule has 1 heterocycles. The molecule has 1 atom stereocenters. The molecule has 0 amide bonds. The van der Waals surface area contributed by atoms with Crippen molar-refractivity contribution in [1.29, 1.82) is 0 Å². The quantitative estimate of drug-likeness (QED) is 0.707. The van der Waals surface area contributed by atoms with Crippen molar-refractivity contribution in [3.8, 4) is 5.88 Å². The Morgan fingerprint density at radius 1 is 1.47 bits per heavy atom. The highest BCUT2D eigenvalue weighted by Crippen LogP contribution is 2.22. The zero-order chi connectivity index (χ0) is 14.5. The van der Waals surface area contributed by atoms with E-state index in [1.807, 2.05) is 27.7 Å². The summed E-state index contributed by atoms with van der Waals surface area (Å²) in [5, 5.41) is 13.2. The maximum atomic E-state index is 10.1. The second-order valence-electron chi connectivity index (χ2n) is 5.36. The number of nitrogen functional groups attached to an aromatic ring is 1. The van der Waals surface area contributed by atoms with Gasteiger partial charge in [0.15, 0.2) is 0 Å². The van der Waals surface area contributed by atoms with Crippen LogP contribution in [-0.4, -0.2) is 28.3 Å². The van der Waals surface area contributed by atoms with E-state index in [1.54, 1.807) is 12.1 Å². The Morgan fingerprint density at radius 3 is 2.74 bits per heavy atom. The van der Waals surface area contributed by atoms with Crippen LogP contribution in [0.1, 0.15) is 40.5 Å². The third-order valence-corrected chi connectivity index (χ3v) is 2.68. The first-order valence-electron chi connectivity index (χ1n) is 6.73. The smallest absolute Gasteiger partial charge is 0.239 e. The van der Waals surface area contributed by atoms with Crippen LogP contribution in [-0.2, 0) is 0 Å². The molecule has 1 rings (SSSR count). The summed E-state index contributed by atoms with van der Waals surface area (Å²) in [6, 6.07) is 3.53. The zero-order valence-electron chi connectivity index (χ0n) is 12.2. The lowest BCUT2D eigenvalue weighted by molar-refractivity contribution is 0.0636. The molecule has 0 radical (unpaired) electrons. The Hall–Kier alpha value is -1.49. The summed E-state index contributed by atoms with van der Waals surface area (Å²) in [4.78, 5) is 4.31. The van der Waals surface area contributed by atoms with Crippen molar-refractivity contribution >= 4 is 11.5 Å². The fourth-order valence-electron chi connectivity index (χ4n) is 1.78. The highest BCUT2D eigenvalue weighted by molar-refractivity contribution is 5.53. The molecule has 4 N–H and O–H groups in total. The fraction of sp³-hybridized carbons (Fsp3) is 0.643. The molecule has 0 fully saturated rings. The van der Waals surface area contributed by atoms with Gasteiger partial charge >= 0.3 is 0 Å². The van der Waals surface area contributed by atoms with E-state index in [-0.39, 0.29) is 6.10 Å². The molecule has 0 saturated carbocycles. The van der Waals surface area contributed by atoms with Crippen molar-refractivity contribution in [2.75, 3.05) is 17.6 Å². The number of rotatable bonds is 7. The normalized spacial score (nSPS) is 14.2. The summed E-state index contributed by atoms with van der Waals surface area (Å²) in [5.74, 6) is 1.08. The number of hydrogen-bond acceptors (Lipinski definition) is 5. The molecule has 1 unspecified atom stereocenters. The molecular weight excluding hydrogens is 242 g/mol. The van der Waals surface area contributed by atoms with Gasteiger partial charge in [-0.05, 0) is 39.3 Å². The minimum absolute atomic E-state index is 0.0215. The molecule has 0 aliphatic rings. The highest BCUT2D eigenvalue weighted by Gasteiger charge is 2.19. The van der Waals surface area contributed by atoms with Crippen molar-refractivity contribution < 1.29 is 9.84 Å². The molecule has 0 saturated heterocycles. The van der Waals surface area contributed by atoms with E-state index >= 15 is 0 Å². The van der Waals surface area contributed by atoms with E-state index in [0.717, 1.165) is 12.8 Å². The Balaban J connectivity index is 2.69. The van der Waals surface area contributed by atoms with Gasteiger partial charge in [-0.2, -0.15) is 4.98 Å². The molecule has 5 heteroatoms. The minimum Gasteiger partial charge on any atom is -0.473 e. The number of ether oxygens (including phenoxy) is 1. The molecule has 0 aromatic carbocycles. The third kappa shape index (κ3) is 5.34. The van der Waals surface area contributed by atoms with Gasteiger partial charge in [0.25, 0.3) is 0 Å². The molecule has 108 valence electrons. The van der Waals surface area contributed by atoms with Crippen LogP contribution < -0.4 is 15.8 Å². The van der Waals surface area contributed by atoms with Gasteiger partial charge in [-0.1, -0.05) is 13.3 Å². The second kappa shape index (κ2) is 6.61. The van der Waals surface area contributed by atoms with Crippen molar-refractivity contribution in [2.45, 2.75) is 52.2 Å². The van der Waals surface area contributed by atoms with Gasteiger partial charge in [-0.3, -0.25) is 0 Å². The Bertz CT molecular complexity index is 406. The standard InChI is InChI=1S/C14H25N3O2/c1-5-8-14(4,18)9-16-12-7-6-11(15)13(17-12)19-10(2)3/h6-7,10,18H,5,8-9,15H2,1-4H3,(H,16,17). The van der Waals surface area contributed by atoms with Crippen LogP contribution in [0.15, 0.2) is 12.1 Å². The Labute approximate surface area is 115 Å². The van der Waals surface area contributed by atoms with Gasteiger partial charge < -0.3 is 20.9 Å². The van der Waals surface area contributed by atoms with Gasteiger partial charge in [-0.25, -0.2) is 0 Å². The second-order valence-corrected chi connectivity index (χ2v) is 5.36. The lowest BCUT2D eigenvalue weighted by atomic mass is 10.0. The number of anilines is 2. The summed E-state index contributed by atoms with van der Waals surface area (Å²) >= 11 is 0. The van der Waals surface area contributed by atoms with Crippen molar-refractivity contribution in [3.63, 3.8) is 0 Å². The molecule has 1 aromatic heterocycles. The van der Waals surface area contributed by atoms with Gasteiger partial charge in [-0.15, -0.1) is 0 Å². The van der Waals surface area contributed by atoms with E-state index in [2.05, 4.69) is 10.3 Å². The monoisotopic (exact) mass is 267 g/mol. The molecular formula is C14H25N3O2. The van der Waals surface area contributed by atoms with Crippen molar-refractivity contribution in [2.24, 2.45) is 0 Å². The SMILES string of the molecule is CCCC(C)(O)CNc1ccc(N)c(OC(C)C)n1. The van der Waals surface area contributed by atoms with Crippen LogP contribution >= 0.6 is 0 Å². The largest absolute Gasteiger partial charge is 0.473 e. The van der Waals surface area contributed by atoms with Gasteiger partial charge in [0.05, 0.1) is 17.4 Å². The van der Waals surface area contributed by atoms with Gasteiger partial charge in [0.1, 0.15) is 5.82 Å². The topological polar surface area (TPSA) is 80.4 Å². The number of nitrogens with zero attached hydrogens (tertiary/aromatic N) is 1. The predicted molar refractivity (Wildman–Crippen MR) is 78.4 cm³/mol. The molecule has 0 aliphatic carbocycles. The van der Waals surface area contributed by atoms with Gasteiger partial charge in [0.2, 0.25) is 5.88 Å². The van der Waals surface area contributed by atoms with E-state index in [9.17, 15) is 5.11 Å². The third-order valence-electron chi connectivity index (χ3n) is 2.68. The first kappa shape index (κ1) is 15.6. The molecule has 0 aliphatic heterocycles. The van der Waals surface area contributed by atoms with Crippen LogP contribution in [0.5, 0.6) is 5.88 Å². The van der Waals surface area contributed by atoms with Gasteiger partial charge in [0, 0.05) is 6.54 Å². The molecule has 19 heavy (non-hydrogen) atoms. The summed E-state index contributed by atoms with van der Waals surface area (Å²) < 4.78 is 5.53. The number of pyridine rings is 1. The summed E-state index contributed by atoms with van der Waals surface area (Å²) in [7, 11) is 0. The molecule has 1 aromatic rings. The van der Waals surface area contributed by atoms with Crippen molar-refractivity contribution in [3.05, 3.63) is 12.1 Å². The fourth-order valence-corrected chi connectivity index (χ4v) is 1.78. The minimum atomic E-state index is -0.739. The summed E-state index contributed by atoms with van der Waals surface area (Å²) in [6.45, 7) is 8.15. The number of aliphatic hydroxyl groups is 1. The highest BCUT2D eigenvalue weighted by atomic mass is 16.5. The van der Waals surface area contributed by atoms with Crippen LogP contribution in [0.4, 0.5) is 11.5 Å². The van der Waals surface area contributed by atoms with Crippen LogP contribution in [0.25, 0.3) is 0 Å². The van der Waals surface area contributed by atoms with E-state index < -0.39 is 5.60 Å². The van der Waals surface area contributed by atoms with Crippen LogP contribution in [0.3, 0.4) is 0 Å². The van der Waals surface area contributed by atoms with E-state index in [1.165, 1.54) is 0 Å². The lowest BCUT2D eigenvalue weighted by Gasteiger charge is -2.23. The van der Waals surface area contributed by atoms with Crippen molar-refractivity contribution in [1.82, 2.24) is 4.98 Å². The Morgan fingerprint density at radius 2 is 2.16 bits per heavy atom. The molecule has 5 nitrogen and oxygen atoms in total. The van der Waals surface area contributed by atoms with Crippen LogP contribution in [0, 0.1) is 0 Å². The average molecular weight is 267 g/mol. The number of nitrogens with one attached hydrogen (secondary N) is 1. The van der Waals surface area contributed by atoms with E-state index in [4.69, 9.17) is 10.5 Å². The first-order chi connectivity index (χ1) is 8.84. The number of aromatic nitrogens is 1. The van der Waals surface area contributed by atoms with E-state index in [0.29, 0.717) is 23.9 Å². The molecule has 0 bridgehead atoms. The lowest BCUT2D eigenvalue weighted by Crippen LogP contribution is -2.33. The maximum absolute atomic E-state index is 10.1. The zero-order valence-corrected chi connectivity index (χ0v) is 12.2. The number of hydrogen-bond donors (Lipinski definition) is 3. The predicted octanol–water partition coefficient (Wildman–Crippen LogP) is 2.41.